The topological polar surface area (TPSA) is 74.9 Å². The molecule has 128 valence electrons. The number of halogens is 3. The fraction of sp³-hybridized carbons (Fsp3) is 0.400. The van der Waals surface area contributed by atoms with Crippen molar-refractivity contribution in [3.63, 3.8) is 0 Å². The number of rotatable bonds is 2. The highest BCUT2D eigenvalue weighted by Crippen LogP contribution is 2.38. The van der Waals surface area contributed by atoms with Gasteiger partial charge in [-0.15, -0.1) is 0 Å². The molecule has 1 N–H and O–H groups in total. The molecule has 0 unspecified atom stereocenters. The van der Waals surface area contributed by atoms with Crippen molar-refractivity contribution in [2.24, 2.45) is 11.8 Å². The van der Waals surface area contributed by atoms with E-state index in [4.69, 9.17) is 5.11 Å². The number of carboxylic acid groups (broad SMARTS) is 1. The van der Waals surface area contributed by atoms with E-state index in [2.05, 4.69) is 4.98 Å². The maximum absolute atomic E-state index is 13.0. The molecule has 0 bridgehead atoms. The Balaban J connectivity index is 1.87. The number of carboxylic acids is 1. The number of imidazole rings is 1. The summed E-state index contributed by atoms with van der Waals surface area (Å²) in [6, 6.07) is 3.54. The molecule has 1 aliphatic heterocycles. The van der Waals surface area contributed by atoms with E-state index in [1.807, 2.05) is 6.92 Å². The Morgan fingerprint density at radius 1 is 1.33 bits per heavy atom. The summed E-state index contributed by atoms with van der Waals surface area (Å²) in [7, 11) is 0. The maximum Gasteiger partial charge on any atom is 0.394 e. The van der Waals surface area contributed by atoms with Gasteiger partial charge in [-0.05, 0) is 24.6 Å². The summed E-state index contributed by atoms with van der Waals surface area (Å²) in [5.74, 6) is -5.99. The number of carbonyl (C=O) groups is 2. The minimum atomic E-state index is -4.67. The summed E-state index contributed by atoms with van der Waals surface area (Å²) in [4.78, 5) is 28.5. The fourth-order valence-electron chi connectivity index (χ4n) is 2.90. The summed E-state index contributed by atoms with van der Waals surface area (Å²) in [6.45, 7) is 0.694. The molecule has 0 aliphatic carbocycles. The Morgan fingerprint density at radius 2 is 2.04 bits per heavy atom. The van der Waals surface area contributed by atoms with Crippen molar-refractivity contribution in [1.82, 2.24) is 14.3 Å². The van der Waals surface area contributed by atoms with Gasteiger partial charge in [0.25, 0.3) is 5.91 Å². The van der Waals surface area contributed by atoms with Crippen LogP contribution in [0.1, 0.15) is 16.1 Å². The molecule has 3 heterocycles. The molecule has 1 amide bonds. The van der Waals surface area contributed by atoms with E-state index in [-0.39, 0.29) is 5.69 Å². The first-order valence-corrected chi connectivity index (χ1v) is 7.21. The third-order valence-corrected chi connectivity index (χ3v) is 4.18. The van der Waals surface area contributed by atoms with Gasteiger partial charge in [-0.25, -0.2) is 4.98 Å². The van der Waals surface area contributed by atoms with E-state index in [0.29, 0.717) is 5.65 Å². The first kappa shape index (κ1) is 16.3. The fourth-order valence-corrected chi connectivity index (χ4v) is 2.90. The predicted octanol–water partition coefficient (Wildman–Crippen LogP) is 1.98. The standard InChI is InChI=1S/C15H14F3N3O3/c1-8-2-3-20-7-11(19-12(20)4-8)13(22)21-5-9(14(23)24)10(6-21)15(16,17)18/h2-4,7,9-10H,5-6H2,1H3,(H,23,24)/t9-,10-/m1/s1. The summed E-state index contributed by atoms with van der Waals surface area (Å²) in [5, 5.41) is 9.00. The number of hydrogen-bond donors (Lipinski definition) is 1. The lowest BCUT2D eigenvalue weighted by Crippen LogP contribution is -2.34. The minimum absolute atomic E-state index is 0.00689. The van der Waals surface area contributed by atoms with E-state index in [9.17, 15) is 22.8 Å². The van der Waals surface area contributed by atoms with E-state index in [1.54, 1.807) is 22.7 Å². The second-order valence-electron chi connectivity index (χ2n) is 5.90. The average Bonchev–Trinajstić information content (AvgIpc) is 3.09. The summed E-state index contributed by atoms with van der Waals surface area (Å²) >= 11 is 0. The zero-order valence-electron chi connectivity index (χ0n) is 12.6. The van der Waals surface area contributed by atoms with E-state index < -0.39 is 43.0 Å². The quantitative estimate of drug-likeness (QED) is 0.906. The Kier molecular flexibility index (Phi) is 3.73. The number of aromatic nitrogens is 2. The molecule has 3 rings (SSSR count). The molecule has 6 nitrogen and oxygen atoms in total. The third-order valence-electron chi connectivity index (χ3n) is 4.18. The van der Waals surface area contributed by atoms with Crippen molar-refractivity contribution in [3.05, 3.63) is 35.8 Å². The number of aryl methyl sites for hydroxylation is 1. The number of alkyl halides is 3. The van der Waals surface area contributed by atoms with Crippen LogP contribution in [0, 0.1) is 18.8 Å². The molecule has 24 heavy (non-hydrogen) atoms. The molecule has 1 fully saturated rings. The van der Waals surface area contributed by atoms with Crippen LogP contribution >= 0.6 is 0 Å². The Labute approximate surface area is 134 Å². The average molecular weight is 341 g/mol. The van der Waals surface area contributed by atoms with Crippen LogP contribution in [0.2, 0.25) is 0 Å². The van der Waals surface area contributed by atoms with Crippen molar-refractivity contribution in [2.45, 2.75) is 13.1 Å². The molecule has 0 saturated carbocycles. The Morgan fingerprint density at radius 3 is 2.62 bits per heavy atom. The number of amides is 1. The van der Waals surface area contributed by atoms with Crippen LogP contribution < -0.4 is 0 Å². The second kappa shape index (κ2) is 5.50. The van der Waals surface area contributed by atoms with Gasteiger partial charge in [0.15, 0.2) is 0 Å². The van der Waals surface area contributed by atoms with Crippen molar-refractivity contribution in [1.29, 1.82) is 0 Å². The maximum atomic E-state index is 13.0. The van der Waals surface area contributed by atoms with Crippen LogP contribution in [0.4, 0.5) is 13.2 Å². The number of fused-ring (bicyclic) bond motifs is 1. The molecule has 1 saturated heterocycles. The molecular formula is C15H14F3N3O3. The molecule has 1 aliphatic rings. The van der Waals surface area contributed by atoms with Gasteiger partial charge in [-0.2, -0.15) is 13.2 Å². The van der Waals surface area contributed by atoms with Crippen LogP contribution in [0.3, 0.4) is 0 Å². The molecule has 2 atom stereocenters. The van der Waals surface area contributed by atoms with Crippen molar-refractivity contribution in [2.75, 3.05) is 13.1 Å². The normalized spacial score (nSPS) is 21.4. The first-order chi connectivity index (χ1) is 11.2. The highest BCUT2D eigenvalue weighted by atomic mass is 19.4. The molecule has 0 radical (unpaired) electrons. The number of pyridine rings is 1. The highest BCUT2D eigenvalue weighted by Gasteiger charge is 2.53. The largest absolute Gasteiger partial charge is 0.481 e. The van der Waals surface area contributed by atoms with Gasteiger partial charge in [0.2, 0.25) is 0 Å². The Hall–Kier alpha value is -2.58. The summed E-state index contributed by atoms with van der Waals surface area (Å²) in [5.41, 5.74) is 1.42. The van der Waals surface area contributed by atoms with Crippen LogP contribution in [0.15, 0.2) is 24.5 Å². The molecular weight excluding hydrogens is 327 g/mol. The predicted molar refractivity (Wildman–Crippen MR) is 76.5 cm³/mol. The second-order valence-corrected chi connectivity index (χ2v) is 5.90. The minimum Gasteiger partial charge on any atom is -0.481 e. The zero-order valence-corrected chi connectivity index (χ0v) is 12.6. The number of carbonyl (C=O) groups excluding carboxylic acids is 1. The number of hydrogen-bond acceptors (Lipinski definition) is 3. The van der Waals surface area contributed by atoms with Gasteiger partial charge >= 0.3 is 12.1 Å². The monoisotopic (exact) mass is 341 g/mol. The van der Waals surface area contributed by atoms with E-state index in [1.165, 1.54) is 6.20 Å². The zero-order chi connectivity index (χ0) is 17.6. The van der Waals surface area contributed by atoms with Gasteiger partial charge in [-0.1, -0.05) is 0 Å². The lowest BCUT2D eigenvalue weighted by molar-refractivity contribution is -0.187. The molecule has 2 aromatic rings. The molecule has 9 heteroatoms. The van der Waals surface area contributed by atoms with Crippen LogP contribution in [-0.2, 0) is 4.79 Å². The van der Waals surface area contributed by atoms with Crippen molar-refractivity contribution < 1.29 is 27.9 Å². The number of aliphatic carboxylic acids is 1. The molecule has 0 aromatic carbocycles. The third kappa shape index (κ3) is 2.81. The number of nitrogens with zero attached hydrogens (tertiary/aromatic N) is 3. The summed E-state index contributed by atoms with van der Waals surface area (Å²) in [6.07, 6.45) is -1.56. The lowest BCUT2D eigenvalue weighted by Gasteiger charge is -2.17. The van der Waals surface area contributed by atoms with Crippen molar-refractivity contribution >= 4 is 17.5 Å². The SMILES string of the molecule is Cc1ccn2cc(C(=O)N3C[C@@H](C(F)(F)F)[C@H](C(=O)O)C3)nc2c1. The highest BCUT2D eigenvalue weighted by molar-refractivity contribution is 5.93. The molecule has 2 aromatic heterocycles. The van der Waals surface area contributed by atoms with E-state index in [0.717, 1.165) is 10.5 Å². The van der Waals surface area contributed by atoms with Crippen LogP contribution in [0.5, 0.6) is 0 Å². The van der Waals surface area contributed by atoms with Crippen LogP contribution in [0.25, 0.3) is 5.65 Å². The van der Waals surface area contributed by atoms with Crippen molar-refractivity contribution in [3.8, 4) is 0 Å². The lowest BCUT2D eigenvalue weighted by atomic mass is 9.96. The number of likely N-dealkylation sites (tertiary alicyclic amines) is 1. The smallest absolute Gasteiger partial charge is 0.394 e. The van der Waals surface area contributed by atoms with Gasteiger partial charge in [0.1, 0.15) is 11.3 Å². The Bertz CT molecular complexity index is 815. The van der Waals surface area contributed by atoms with Gasteiger partial charge in [0.05, 0.1) is 11.8 Å². The molecule has 0 spiro atoms. The van der Waals surface area contributed by atoms with Gasteiger partial charge < -0.3 is 14.4 Å². The first-order valence-electron chi connectivity index (χ1n) is 7.21. The summed E-state index contributed by atoms with van der Waals surface area (Å²) < 4.78 is 40.6. The van der Waals surface area contributed by atoms with E-state index >= 15 is 0 Å². The van der Waals surface area contributed by atoms with Gasteiger partial charge in [0, 0.05) is 25.5 Å². The van der Waals surface area contributed by atoms with Crippen LogP contribution in [-0.4, -0.2) is 50.5 Å². The van der Waals surface area contributed by atoms with Gasteiger partial charge in [-0.3, -0.25) is 9.59 Å².